The van der Waals surface area contributed by atoms with Crippen LogP contribution in [0.25, 0.3) is 0 Å². The molecule has 1 aliphatic heterocycles. The molecule has 0 aliphatic carbocycles. The molecule has 1 aromatic rings. The normalized spacial score (nSPS) is 15.4. The maximum absolute atomic E-state index is 12.1. The second-order valence-corrected chi connectivity index (χ2v) is 3.85. The van der Waals surface area contributed by atoms with Crippen molar-refractivity contribution in [1.29, 1.82) is 0 Å². The van der Waals surface area contributed by atoms with Crippen LogP contribution in [0.1, 0.15) is 6.42 Å². The van der Waals surface area contributed by atoms with E-state index in [1.165, 1.54) is 12.1 Å². The number of ether oxygens (including phenoxy) is 1. The Labute approximate surface area is 97.2 Å². The number of benzene rings is 1. The number of anilines is 2. The van der Waals surface area contributed by atoms with Crippen LogP contribution in [0.4, 0.5) is 24.5 Å². The molecule has 0 radical (unpaired) electrons. The summed E-state index contributed by atoms with van der Waals surface area (Å²) in [4.78, 5) is 2.00. The first-order valence-corrected chi connectivity index (χ1v) is 5.31. The number of nitrogens with one attached hydrogen (secondary N) is 1. The second-order valence-electron chi connectivity index (χ2n) is 3.85. The Morgan fingerprint density at radius 1 is 1.24 bits per heavy atom. The van der Waals surface area contributed by atoms with Gasteiger partial charge in [-0.3, -0.25) is 0 Å². The molecule has 1 aromatic carbocycles. The summed E-state index contributed by atoms with van der Waals surface area (Å²) in [6, 6.07) is 4.55. The molecule has 3 nitrogen and oxygen atoms in total. The summed E-state index contributed by atoms with van der Waals surface area (Å²) in [6.07, 6.45) is -3.59. The quantitative estimate of drug-likeness (QED) is 0.887. The number of alkyl halides is 3. The van der Waals surface area contributed by atoms with Crippen LogP contribution in [0.3, 0.4) is 0 Å². The molecule has 0 amide bonds. The van der Waals surface area contributed by atoms with Crippen molar-refractivity contribution in [2.75, 3.05) is 30.4 Å². The molecule has 1 saturated heterocycles. The Kier molecular flexibility index (Phi) is 3.04. The van der Waals surface area contributed by atoms with Crippen molar-refractivity contribution < 1.29 is 17.9 Å². The van der Waals surface area contributed by atoms with E-state index >= 15 is 0 Å². The van der Waals surface area contributed by atoms with E-state index in [0.717, 1.165) is 25.2 Å². The average molecular weight is 246 g/mol. The first kappa shape index (κ1) is 11.9. The minimum absolute atomic E-state index is 0.189. The summed E-state index contributed by atoms with van der Waals surface area (Å²) < 4.78 is 40.4. The van der Waals surface area contributed by atoms with E-state index in [2.05, 4.69) is 10.1 Å². The average Bonchev–Trinajstić information content (AvgIpc) is 2.11. The lowest BCUT2D eigenvalue weighted by atomic mass is 10.1. The molecule has 0 bridgehead atoms. The van der Waals surface area contributed by atoms with Crippen molar-refractivity contribution in [1.82, 2.24) is 0 Å². The fraction of sp³-hybridized carbons (Fsp3) is 0.455. The topological polar surface area (TPSA) is 24.5 Å². The van der Waals surface area contributed by atoms with Gasteiger partial charge in [0, 0.05) is 43.6 Å². The molecule has 0 unspecified atom stereocenters. The van der Waals surface area contributed by atoms with E-state index in [0.29, 0.717) is 5.69 Å². The maximum Gasteiger partial charge on any atom is 0.573 e. The molecule has 0 spiro atoms. The summed E-state index contributed by atoms with van der Waals surface area (Å²) >= 11 is 0. The Balaban J connectivity index is 2.25. The SMILES string of the molecule is CNc1cc(OC(F)(F)F)cc(N2CCC2)c1. The number of hydrogen-bond donors (Lipinski definition) is 1. The van der Waals surface area contributed by atoms with Crippen molar-refractivity contribution in [2.45, 2.75) is 12.8 Å². The van der Waals surface area contributed by atoms with E-state index in [9.17, 15) is 13.2 Å². The summed E-state index contributed by atoms with van der Waals surface area (Å²) in [5, 5.41) is 2.82. The fourth-order valence-electron chi connectivity index (χ4n) is 1.68. The molecule has 0 saturated carbocycles. The lowest BCUT2D eigenvalue weighted by molar-refractivity contribution is -0.274. The van der Waals surface area contributed by atoms with E-state index in [1.54, 1.807) is 7.05 Å². The minimum Gasteiger partial charge on any atom is -0.406 e. The van der Waals surface area contributed by atoms with E-state index in [1.807, 2.05) is 11.0 Å². The highest BCUT2D eigenvalue weighted by atomic mass is 19.4. The Morgan fingerprint density at radius 3 is 2.41 bits per heavy atom. The van der Waals surface area contributed by atoms with Gasteiger partial charge in [-0.15, -0.1) is 13.2 Å². The van der Waals surface area contributed by atoms with Gasteiger partial charge in [-0.05, 0) is 12.5 Å². The van der Waals surface area contributed by atoms with Gasteiger partial charge in [0.05, 0.1) is 0 Å². The number of rotatable bonds is 3. The summed E-state index contributed by atoms with van der Waals surface area (Å²) in [7, 11) is 1.66. The molecule has 6 heteroatoms. The van der Waals surface area contributed by atoms with Crippen molar-refractivity contribution in [3.63, 3.8) is 0 Å². The van der Waals surface area contributed by atoms with Crippen molar-refractivity contribution in [3.05, 3.63) is 18.2 Å². The Morgan fingerprint density at radius 2 is 1.94 bits per heavy atom. The van der Waals surface area contributed by atoms with E-state index in [-0.39, 0.29) is 5.75 Å². The molecule has 0 aromatic heterocycles. The largest absolute Gasteiger partial charge is 0.573 e. The minimum atomic E-state index is -4.65. The third-order valence-electron chi connectivity index (χ3n) is 2.63. The molecule has 1 fully saturated rings. The molecule has 17 heavy (non-hydrogen) atoms. The number of halogens is 3. The summed E-state index contributed by atoms with van der Waals surface area (Å²) in [5.41, 5.74) is 1.36. The van der Waals surface area contributed by atoms with Gasteiger partial charge < -0.3 is 15.0 Å². The van der Waals surface area contributed by atoms with Crippen LogP contribution in [-0.2, 0) is 0 Å². The molecule has 1 heterocycles. The van der Waals surface area contributed by atoms with Gasteiger partial charge in [0.25, 0.3) is 0 Å². The zero-order chi connectivity index (χ0) is 12.5. The van der Waals surface area contributed by atoms with Crippen LogP contribution in [0, 0.1) is 0 Å². The van der Waals surface area contributed by atoms with Crippen molar-refractivity contribution >= 4 is 11.4 Å². The lowest BCUT2D eigenvalue weighted by Gasteiger charge is -2.33. The molecule has 94 valence electrons. The van der Waals surface area contributed by atoms with Crippen LogP contribution in [0.5, 0.6) is 5.75 Å². The van der Waals surface area contributed by atoms with Gasteiger partial charge >= 0.3 is 6.36 Å². The third-order valence-corrected chi connectivity index (χ3v) is 2.63. The molecule has 0 atom stereocenters. The lowest BCUT2D eigenvalue weighted by Crippen LogP contribution is -2.37. The van der Waals surface area contributed by atoms with Crippen LogP contribution in [0.15, 0.2) is 18.2 Å². The van der Waals surface area contributed by atoms with E-state index in [4.69, 9.17) is 0 Å². The zero-order valence-electron chi connectivity index (χ0n) is 9.34. The Bertz CT molecular complexity index is 402. The summed E-state index contributed by atoms with van der Waals surface area (Å²) in [5.74, 6) is -0.189. The monoisotopic (exact) mass is 246 g/mol. The maximum atomic E-state index is 12.1. The highest BCUT2D eigenvalue weighted by Crippen LogP contribution is 2.32. The molecule has 1 N–H and O–H groups in total. The predicted octanol–water partition coefficient (Wildman–Crippen LogP) is 2.84. The number of nitrogens with zero attached hydrogens (tertiary/aromatic N) is 1. The summed E-state index contributed by atoms with van der Waals surface area (Å²) in [6.45, 7) is 1.75. The first-order chi connectivity index (χ1) is 7.98. The molecular formula is C11H13F3N2O. The first-order valence-electron chi connectivity index (χ1n) is 5.31. The highest BCUT2D eigenvalue weighted by Gasteiger charge is 2.31. The smallest absolute Gasteiger partial charge is 0.406 e. The molecule has 2 rings (SSSR count). The van der Waals surface area contributed by atoms with Gasteiger partial charge in [0.15, 0.2) is 0 Å². The van der Waals surface area contributed by atoms with Gasteiger partial charge in [-0.2, -0.15) is 0 Å². The van der Waals surface area contributed by atoms with Crippen LogP contribution >= 0.6 is 0 Å². The van der Waals surface area contributed by atoms with Crippen LogP contribution in [-0.4, -0.2) is 26.5 Å². The predicted molar refractivity (Wildman–Crippen MR) is 59.5 cm³/mol. The fourth-order valence-corrected chi connectivity index (χ4v) is 1.68. The van der Waals surface area contributed by atoms with Gasteiger partial charge in [0.1, 0.15) is 5.75 Å². The standard InChI is InChI=1S/C11H13F3N2O/c1-15-8-5-9(16-3-2-4-16)7-10(6-8)17-11(12,13)14/h5-7,15H,2-4H2,1H3. The Hall–Kier alpha value is -1.59. The van der Waals surface area contributed by atoms with E-state index < -0.39 is 6.36 Å². The van der Waals surface area contributed by atoms with Gasteiger partial charge in [-0.25, -0.2) is 0 Å². The van der Waals surface area contributed by atoms with Crippen molar-refractivity contribution in [2.24, 2.45) is 0 Å². The molecular weight excluding hydrogens is 233 g/mol. The highest BCUT2D eigenvalue weighted by molar-refractivity contribution is 5.63. The zero-order valence-corrected chi connectivity index (χ0v) is 9.34. The molecule has 1 aliphatic rings. The second kappa shape index (κ2) is 4.35. The van der Waals surface area contributed by atoms with Crippen molar-refractivity contribution in [3.8, 4) is 5.75 Å². The van der Waals surface area contributed by atoms with Crippen LogP contribution < -0.4 is 15.0 Å². The number of hydrogen-bond acceptors (Lipinski definition) is 3. The van der Waals surface area contributed by atoms with Gasteiger partial charge in [0.2, 0.25) is 0 Å². The third kappa shape index (κ3) is 2.95. The van der Waals surface area contributed by atoms with Gasteiger partial charge in [-0.1, -0.05) is 0 Å². The van der Waals surface area contributed by atoms with Crippen LogP contribution in [0.2, 0.25) is 0 Å².